The zero-order chi connectivity index (χ0) is 11.9. The van der Waals surface area contributed by atoms with Crippen molar-refractivity contribution < 1.29 is 17.8 Å². The number of nitrogens with one attached hydrogen (secondary N) is 1. The average molecular weight is 252 g/mol. The van der Waals surface area contributed by atoms with Gasteiger partial charge in [0, 0.05) is 23.3 Å². The molecule has 0 bridgehead atoms. The minimum Gasteiger partial charge on any atom is -0.326 e. The number of carbonyl (C=O) groups excluding carboxylic acids is 1. The predicted octanol–water partition coefficient (Wildman–Crippen LogP) is 1.67. The maximum Gasteiger partial charge on any atom is 0.353 e. The summed E-state index contributed by atoms with van der Waals surface area (Å²) in [5.74, 6) is -0.0359. The molecule has 0 aromatic heterocycles. The van der Waals surface area contributed by atoms with Crippen LogP contribution in [0.1, 0.15) is 6.92 Å². The fraction of sp³-hybridized carbons (Fsp3) is 0.125. The molecule has 0 aliphatic carbocycles. The van der Waals surface area contributed by atoms with Crippen LogP contribution >= 0.6 is 10.7 Å². The van der Waals surface area contributed by atoms with Crippen molar-refractivity contribution in [2.24, 2.45) is 0 Å². The standard InChI is InChI=1S/C8H9NO.ClHO3S/c1-7(10)9-8-5-3-2-4-6-8;1-5(2,3)4/h2-6H,1H3,(H,9,10);(H,2,3,4). The van der Waals surface area contributed by atoms with Crippen LogP contribution in [0.15, 0.2) is 30.3 Å². The van der Waals surface area contributed by atoms with Gasteiger partial charge in [-0.2, -0.15) is 8.42 Å². The molecular weight excluding hydrogens is 242 g/mol. The van der Waals surface area contributed by atoms with Crippen LogP contribution in [0.4, 0.5) is 5.69 Å². The Labute approximate surface area is 92.3 Å². The zero-order valence-electron chi connectivity index (χ0n) is 7.84. The minimum absolute atomic E-state index is 0.0359. The van der Waals surface area contributed by atoms with Crippen LogP contribution in [0, 0.1) is 0 Å². The molecule has 15 heavy (non-hydrogen) atoms. The molecular formula is C8H10ClNO4S. The van der Waals surface area contributed by atoms with Crippen LogP contribution in [0.25, 0.3) is 0 Å². The van der Waals surface area contributed by atoms with Gasteiger partial charge in [-0.25, -0.2) is 0 Å². The number of anilines is 1. The molecule has 0 aliphatic heterocycles. The Balaban J connectivity index is 0.000000336. The van der Waals surface area contributed by atoms with Crippen molar-refractivity contribution in [1.82, 2.24) is 0 Å². The number of carbonyl (C=O) groups is 1. The lowest BCUT2D eigenvalue weighted by Crippen LogP contribution is -2.04. The molecule has 0 aliphatic rings. The Kier molecular flexibility index (Phi) is 5.92. The van der Waals surface area contributed by atoms with Crippen LogP contribution in [0.2, 0.25) is 0 Å². The van der Waals surface area contributed by atoms with Crippen molar-refractivity contribution in [3.05, 3.63) is 30.3 Å². The molecule has 1 aromatic rings. The van der Waals surface area contributed by atoms with Gasteiger partial charge in [0.25, 0.3) is 0 Å². The highest BCUT2D eigenvalue weighted by molar-refractivity contribution is 8.09. The van der Waals surface area contributed by atoms with Crippen molar-refractivity contribution in [2.45, 2.75) is 6.92 Å². The van der Waals surface area contributed by atoms with Gasteiger partial charge in [0.1, 0.15) is 0 Å². The summed E-state index contributed by atoms with van der Waals surface area (Å²) in [5, 5.41) is 2.67. The first kappa shape index (κ1) is 13.9. The van der Waals surface area contributed by atoms with Crippen LogP contribution in [-0.2, 0) is 14.1 Å². The molecule has 1 rings (SSSR count). The summed E-state index contributed by atoms with van der Waals surface area (Å²) in [4.78, 5) is 10.5. The van der Waals surface area contributed by atoms with E-state index in [1.165, 1.54) is 6.92 Å². The number of rotatable bonds is 1. The third kappa shape index (κ3) is 12.9. The molecule has 2 N–H and O–H groups in total. The summed E-state index contributed by atoms with van der Waals surface area (Å²) in [6, 6.07) is 9.37. The third-order valence-corrected chi connectivity index (χ3v) is 1.09. The van der Waals surface area contributed by atoms with E-state index in [1.807, 2.05) is 30.3 Å². The Morgan fingerprint density at radius 3 is 2.07 bits per heavy atom. The number of hydrogen-bond donors (Lipinski definition) is 2. The van der Waals surface area contributed by atoms with E-state index in [4.69, 9.17) is 13.0 Å². The van der Waals surface area contributed by atoms with Crippen LogP contribution in [0.3, 0.4) is 0 Å². The van der Waals surface area contributed by atoms with Crippen molar-refractivity contribution in [2.75, 3.05) is 5.32 Å². The van der Waals surface area contributed by atoms with E-state index in [0.717, 1.165) is 5.69 Å². The predicted molar refractivity (Wildman–Crippen MR) is 58.1 cm³/mol. The lowest BCUT2D eigenvalue weighted by Gasteiger charge is -1.98. The Hall–Kier alpha value is -1.11. The topological polar surface area (TPSA) is 83.5 Å². The smallest absolute Gasteiger partial charge is 0.326 e. The van der Waals surface area contributed by atoms with Gasteiger partial charge in [0.05, 0.1) is 0 Å². The second-order valence-electron chi connectivity index (χ2n) is 2.46. The minimum atomic E-state index is -4.19. The Morgan fingerprint density at radius 2 is 1.73 bits per heavy atom. The van der Waals surface area contributed by atoms with Crippen molar-refractivity contribution in [3.8, 4) is 0 Å². The summed E-state index contributed by atoms with van der Waals surface area (Å²) < 4.78 is 25.2. The monoisotopic (exact) mass is 251 g/mol. The normalized spacial score (nSPS) is 9.80. The first-order valence-corrected chi connectivity index (χ1v) is 6.05. The SMILES string of the molecule is CC(=O)Nc1ccccc1.O=S(=O)(O)Cl. The fourth-order valence-corrected chi connectivity index (χ4v) is 0.725. The second kappa shape index (κ2) is 6.39. The molecule has 0 saturated carbocycles. The largest absolute Gasteiger partial charge is 0.353 e. The van der Waals surface area contributed by atoms with Gasteiger partial charge < -0.3 is 5.32 Å². The molecule has 7 heteroatoms. The summed E-state index contributed by atoms with van der Waals surface area (Å²) in [6.45, 7) is 1.49. The lowest BCUT2D eigenvalue weighted by molar-refractivity contribution is -0.114. The zero-order valence-corrected chi connectivity index (χ0v) is 9.42. The Morgan fingerprint density at radius 1 is 1.33 bits per heavy atom. The molecule has 1 amide bonds. The summed E-state index contributed by atoms with van der Waals surface area (Å²) in [6.07, 6.45) is 0. The lowest BCUT2D eigenvalue weighted by atomic mass is 10.3. The second-order valence-corrected chi connectivity index (χ2v) is 4.45. The fourth-order valence-electron chi connectivity index (χ4n) is 0.725. The van der Waals surface area contributed by atoms with Gasteiger partial charge in [-0.15, -0.1) is 0 Å². The number of halogens is 1. The molecule has 84 valence electrons. The molecule has 0 atom stereocenters. The maximum atomic E-state index is 10.5. The van der Waals surface area contributed by atoms with E-state index in [-0.39, 0.29) is 5.91 Å². The Bertz CT molecular complexity index is 396. The number of hydrogen-bond acceptors (Lipinski definition) is 3. The molecule has 0 heterocycles. The molecule has 0 radical (unpaired) electrons. The maximum absolute atomic E-state index is 10.5. The van der Waals surface area contributed by atoms with E-state index in [1.54, 1.807) is 0 Å². The number of benzene rings is 1. The quantitative estimate of drug-likeness (QED) is 0.587. The molecule has 0 spiro atoms. The molecule has 5 nitrogen and oxygen atoms in total. The van der Waals surface area contributed by atoms with Gasteiger partial charge in [0.2, 0.25) is 5.91 Å². The van der Waals surface area contributed by atoms with Gasteiger partial charge in [-0.3, -0.25) is 9.35 Å². The number of amides is 1. The molecule has 0 fully saturated rings. The first-order valence-electron chi connectivity index (χ1n) is 3.79. The first-order chi connectivity index (χ1) is 6.79. The van der Waals surface area contributed by atoms with E-state index in [0.29, 0.717) is 0 Å². The van der Waals surface area contributed by atoms with E-state index in [2.05, 4.69) is 16.0 Å². The van der Waals surface area contributed by atoms with E-state index in [9.17, 15) is 4.79 Å². The van der Waals surface area contributed by atoms with Crippen LogP contribution in [-0.4, -0.2) is 18.9 Å². The van der Waals surface area contributed by atoms with Crippen LogP contribution < -0.4 is 5.32 Å². The third-order valence-electron chi connectivity index (χ3n) is 1.09. The molecule has 1 aromatic carbocycles. The van der Waals surface area contributed by atoms with Crippen LogP contribution in [0.5, 0.6) is 0 Å². The van der Waals surface area contributed by atoms with E-state index >= 15 is 0 Å². The highest BCUT2D eigenvalue weighted by Crippen LogP contribution is 2.03. The molecule has 0 unspecified atom stereocenters. The van der Waals surface area contributed by atoms with E-state index < -0.39 is 9.33 Å². The summed E-state index contributed by atoms with van der Waals surface area (Å²) in [5.41, 5.74) is 0.843. The van der Waals surface area contributed by atoms with Gasteiger partial charge in [-0.05, 0) is 12.1 Å². The summed E-state index contributed by atoms with van der Waals surface area (Å²) >= 11 is 0. The highest BCUT2D eigenvalue weighted by atomic mass is 35.7. The van der Waals surface area contributed by atoms with Crippen molar-refractivity contribution in [1.29, 1.82) is 0 Å². The van der Waals surface area contributed by atoms with Crippen molar-refractivity contribution in [3.63, 3.8) is 0 Å². The number of para-hydroxylation sites is 1. The van der Waals surface area contributed by atoms with Crippen molar-refractivity contribution >= 4 is 31.6 Å². The summed E-state index contributed by atoms with van der Waals surface area (Å²) in [7, 11) is -0.137. The average Bonchev–Trinajstić information content (AvgIpc) is 2.01. The highest BCUT2D eigenvalue weighted by Gasteiger charge is 1.90. The molecule has 0 saturated heterocycles. The van der Waals surface area contributed by atoms with Gasteiger partial charge >= 0.3 is 9.33 Å². The van der Waals surface area contributed by atoms with Gasteiger partial charge in [0.15, 0.2) is 0 Å². The van der Waals surface area contributed by atoms with Gasteiger partial charge in [-0.1, -0.05) is 18.2 Å².